The molecule has 0 fully saturated rings. The van der Waals surface area contributed by atoms with E-state index in [4.69, 9.17) is 9.73 Å². The standard InChI is InChI=1S/C27H22F2N2O2S/c1-17-22-15-24(18-8-4-2-5-9-18)33-16-27(22,21-13-12-20(28)14-23(21)29)31-26(34-17)30-25(32)19-10-6-3-7-11-19/h2-15,17,22H,16H2,1H3,(H,30,31,32). The van der Waals surface area contributed by atoms with Gasteiger partial charge in [-0.05, 0) is 24.3 Å². The molecule has 3 unspecified atom stereocenters. The third kappa shape index (κ3) is 4.12. The monoisotopic (exact) mass is 476 g/mol. The number of fused-ring (bicyclic) bond motifs is 1. The molecule has 172 valence electrons. The summed E-state index contributed by atoms with van der Waals surface area (Å²) >= 11 is 1.42. The SMILES string of the molecule is CC1SC(NC(=O)c2ccccc2)=NC2(c3ccc(F)cc3F)COC(c3ccccc3)=CC12. The Balaban J connectivity index is 1.59. The lowest BCUT2D eigenvalue weighted by Crippen LogP contribution is -2.50. The molecule has 0 saturated heterocycles. The Morgan fingerprint density at radius 2 is 1.76 bits per heavy atom. The number of benzene rings is 3. The van der Waals surface area contributed by atoms with Crippen molar-refractivity contribution in [3.05, 3.63) is 113 Å². The molecule has 2 aliphatic heterocycles. The van der Waals surface area contributed by atoms with E-state index < -0.39 is 17.2 Å². The van der Waals surface area contributed by atoms with Crippen LogP contribution in [0.3, 0.4) is 0 Å². The zero-order valence-corrected chi connectivity index (χ0v) is 19.2. The smallest absolute Gasteiger partial charge is 0.257 e. The second kappa shape index (κ2) is 9.06. The van der Waals surface area contributed by atoms with Gasteiger partial charge in [0.25, 0.3) is 5.91 Å². The molecule has 0 spiro atoms. The average molecular weight is 477 g/mol. The van der Waals surface area contributed by atoms with Crippen molar-refractivity contribution in [2.45, 2.75) is 17.7 Å². The van der Waals surface area contributed by atoms with Crippen LogP contribution >= 0.6 is 11.8 Å². The van der Waals surface area contributed by atoms with Crippen LogP contribution in [0, 0.1) is 17.6 Å². The first-order valence-electron chi connectivity index (χ1n) is 10.9. The molecule has 1 amide bonds. The minimum Gasteiger partial charge on any atom is -0.490 e. The van der Waals surface area contributed by atoms with Crippen LogP contribution in [0.15, 0.2) is 89.9 Å². The lowest BCUT2D eigenvalue weighted by Gasteiger charge is -2.45. The molecule has 0 saturated carbocycles. The van der Waals surface area contributed by atoms with Crippen molar-refractivity contribution in [3.8, 4) is 0 Å². The van der Waals surface area contributed by atoms with Gasteiger partial charge in [-0.25, -0.2) is 13.8 Å². The Bertz CT molecular complexity index is 1280. The van der Waals surface area contributed by atoms with Crippen LogP contribution < -0.4 is 5.32 Å². The van der Waals surface area contributed by atoms with Gasteiger partial charge in [0.2, 0.25) is 0 Å². The molecular weight excluding hydrogens is 454 g/mol. The van der Waals surface area contributed by atoms with Crippen molar-refractivity contribution in [2.24, 2.45) is 10.9 Å². The van der Waals surface area contributed by atoms with Gasteiger partial charge >= 0.3 is 0 Å². The van der Waals surface area contributed by atoms with Crippen LogP contribution in [-0.4, -0.2) is 22.9 Å². The van der Waals surface area contributed by atoms with Gasteiger partial charge in [-0.1, -0.05) is 73.3 Å². The fourth-order valence-electron chi connectivity index (χ4n) is 4.48. The lowest BCUT2D eigenvalue weighted by atomic mass is 9.75. The van der Waals surface area contributed by atoms with Crippen molar-refractivity contribution in [1.29, 1.82) is 0 Å². The maximum atomic E-state index is 15.1. The lowest BCUT2D eigenvalue weighted by molar-refractivity contribution is 0.0975. The van der Waals surface area contributed by atoms with Gasteiger partial charge in [0.05, 0.1) is 0 Å². The van der Waals surface area contributed by atoms with Gasteiger partial charge < -0.3 is 10.1 Å². The number of hydrogen-bond donors (Lipinski definition) is 1. The summed E-state index contributed by atoms with van der Waals surface area (Å²) in [6.07, 6.45) is 1.97. The Hall–Kier alpha value is -3.45. The number of hydrogen-bond acceptors (Lipinski definition) is 4. The molecule has 34 heavy (non-hydrogen) atoms. The first kappa shape index (κ1) is 22.3. The Morgan fingerprint density at radius 3 is 2.47 bits per heavy atom. The fraction of sp³-hybridized carbons (Fsp3) is 0.185. The van der Waals surface area contributed by atoms with Gasteiger partial charge in [0.1, 0.15) is 29.5 Å². The summed E-state index contributed by atoms with van der Waals surface area (Å²) in [6, 6.07) is 22.0. The Labute approximate surface area is 200 Å². The highest BCUT2D eigenvalue weighted by atomic mass is 32.2. The van der Waals surface area contributed by atoms with E-state index in [9.17, 15) is 9.18 Å². The molecule has 0 aliphatic carbocycles. The maximum absolute atomic E-state index is 15.1. The molecule has 0 bridgehead atoms. The van der Waals surface area contributed by atoms with Crippen molar-refractivity contribution in [2.75, 3.05) is 6.61 Å². The summed E-state index contributed by atoms with van der Waals surface area (Å²) in [5.74, 6) is -1.21. The number of halogens is 2. The number of amidine groups is 1. The summed E-state index contributed by atoms with van der Waals surface area (Å²) in [5.41, 5.74) is 0.495. The van der Waals surface area contributed by atoms with Crippen molar-refractivity contribution >= 4 is 28.6 Å². The zero-order chi connectivity index (χ0) is 23.7. The minimum atomic E-state index is -1.15. The van der Waals surface area contributed by atoms with Gasteiger partial charge in [-0.15, -0.1) is 0 Å². The zero-order valence-electron chi connectivity index (χ0n) is 18.4. The van der Waals surface area contributed by atoms with E-state index >= 15 is 4.39 Å². The summed E-state index contributed by atoms with van der Waals surface area (Å²) in [6.45, 7) is 2.07. The quantitative estimate of drug-likeness (QED) is 0.522. The van der Waals surface area contributed by atoms with E-state index in [1.165, 1.54) is 23.9 Å². The number of rotatable bonds is 3. The van der Waals surface area contributed by atoms with E-state index in [2.05, 4.69) is 5.32 Å². The van der Waals surface area contributed by atoms with Crippen LogP contribution in [0.4, 0.5) is 8.78 Å². The number of carbonyl (C=O) groups excluding carboxylic acids is 1. The van der Waals surface area contributed by atoms with Crippen molar-refractivity contribution in [3.63, 3.8) is 0 Å². The summed E-state index contributed by atoms with van der Waals surface area (Å²) in [4.78, 5) is 17.7. The molecule has 2 aliphatic rings. The Morgan fingerprint density at radius 1 is 1.06 bits per heavy atom. The minimum absolute atomic E-state index is 0.0521. The number of amides is 1. The van der Waals surface area contributed by atoms with Crippen LogP contribution in [-0.2, 0) is 10.3 Å². The van der Waals surface area contributed by atoms with Crippen LogP contribution in [0.5, 0.6) is 0 Å². The molecule has 1 N–H and O–H groups in total. The highest BCUT2D eigenvalue weighted by molar-refractivity contribution is 8.14. The van der Waals surface area contributed by atoms with Crippen LogP contribution in [0.25, 0.3) is 5.76 Å². The van der Waals surface area contributed by atoms with Crippen LogP contribution in [0.2, 0.25) is 0 Å². The predicted octanol–water partition coefficient (Wildman–Crippen LogP) is 5.77. The molecule has 4 nitrogen and oxygen atoms in total. The van der Waals surface area contributed by atoms with Crippen LogP contribution in [0.1, 0.15) is 28.4 Å². The largest absolute Gasteiger partial charge is 0.490 e. The van der Waals surface area contributed by atoms with Gasteiger partial charge in [-0.2, -0.15) is 0 Å². The number of thioether (sulfide) groups is 1. The fourth-order valence-corrected chi connectivity index (χ4v) is 5.65. The summed E-state index contributed by atoms with van der Waals surface area (Å²) in [5, 5.41) is 3.17. The number of carbonyl (C=O) groups is 1. The topological polar surface area (TPSA) is 50.7 Å². The molecule has 0 aromatic heterocycles. The first-order chi connectivity index (χ1) is 16.5. The molecule has 3 atom stereocenters. The van der Waals surface area contributed by atoms with E-state index in [0.717, 1.165) is 11.6 Å². The van der Waals surface area contributed by atoms with Gasteiger partial charge in [0, 0.05) is 33.9 Å². The number of nitrogens with one attached hydrogen (secondary N) is 1. The van der Waals surface area contributed by atoms with Crippen molar-refractivity contribution < 1.29 is 18.3 Å². The van der Waals surface area contributed by atoms with E-state index in [0.29, 0.717) is 16.5 Å². The normalized spacial score (nSPS) is 23.7. The molecule has 3 aromatic carbocycles. The molecule has 3 aromatic rings. The van der Waals surface area contributed by atoms with Gasteiger partial charge in [-0.3, -0.25) is 4.79 Å². The molecular formula is C27H22F2N2O2S. The number of aliphatic imine (C=N–C) groups is 1. The Kier molecular flexibility index (Phi) is 5.96. The summed E-state index contributed by atoms with van der Waals surface area (Å²) in [7, 11) is 0. The maximum Gasteiger partial charge on any atom is 0.257 e. The van der Waals surface area contributed by atoms with E-state index in [-0.39, 0.29) is 29.2 Å². The highest BCUT2D eigenvalue weighted by Gasteiger charge is 2.51. The third-order valence-electron chi connectivity index (χ3n) is 6.15. The average Bonchev–Trinajstić information content (AvgIpc) is 2.85. The van der Waals surface area contributed by atoms with E-state index in [1.54, 1.807) is 24.3 Å². The third-order valence-corrected chi connectivity index (χ3v) is 7.23. The van der Waals surface area contributed by atoms with Gasteiger partial charge in [0.15, 0.2) is 5.17 Å². The second-order valence-electron chi connectivity index (χ2n) is 8.32. The highest BCUT2D eigenvalue weighted by Crippen LogP contribution is 2.49. The molecule has 5 rings (SSSR count). The predicted molar refractivity (Wildman–Crippen MR) is 130 cm³/mol. The second-order valence-corrected chi connectivity index (χ2v) is 9.69. The summed E-state index contributed by atoms with van der Waals surface area (Å²) < 4.78 is 35.0. The number of nitrogens with zero attached hydrogens (tertiary/aromatic N) is 1. The molecule has 0 radical (unpaired) electrons. The first-order valence-corrected chi connectivity index (χ1v) is 11.8. The molecule has 7 heteroatoms. The van der Waals surface area contributed by atoms with E-state index in [1.807, 2.05) is 49.4 Å². The molecule has 2 heterocycles. The van der Waals surface area contributed by atoms with Crippen molar-refractivity contribution in [1.82, 2.24) is 5.32 Å². The number of ether oxygens (including phenoxy) is 1.